The van der Waals surface area contributed by atoms with E-state index < -0.39 is 6.49 Å². The van der Waals surface area contributed by atoms with Gasteiger partial charge in [0.15, 0.2) is 5.44 Å². The highest BCUT2D eigenvalue weighted by Crippen LogP contribution is 2.31. The van der Waals surface area contributed by atoms with E-state index in [9.17, 15) is 0 Å². The number of hydrogen-bond donors (Lipinski definition) is 3. The summed E-state index contributed by atoms with van der Waals surface area (Å²) in [5, 5.41) is 8.97. The zero-order valence-electron chi connectivity index (χ0n) is 4.22. The van der Waals surface area contributed by atoms with Gasteiger partial charge in [-0.25, -0.2) is 0 Å². The van der Waals surface area contributed by atoms with Crippen LogP contribution < -0.4 is 5.44 Å². The van der Waals surface area contributed by atoms with Gasteiger partial charge in [0.25, 0.3) is 0 Å². The third kappa shape index (κ3) is 1.56. The zero-order chi connectivity index (χ0) is 6.91. The lowest BCUT2D eigenvalue weighted by atomic mass is 11.0. The van der Waals surface area contributed by atoms with E-state index in [4.69, 9.17) is 9.79 Å². The molecule has 0 saturated carbocycles. The highest BCUT2D eigenvalue weighted by Gasteiger charge is 2.13. The summed E-state index contributed by atoms with van der Waals surface area (Å²) in [5.41, 5.74) is 0.0394. The summed E-state index contributed by atoms with van der Waals surface area (Å²) in [6, 6.07) is 0. The Morgan fingerprint density at radius 3 is 2.56 bits per heavy atom. The van der Waals surface area contributed by atoms with Gasteiger partial charge in [-0.1, -0.05) is 0 Å². The van der Waals surface area contributed by atoms with Crippen LogP contribution in [0.15, 0.2) is 6.20 Å². The first-order valence-corrected chi connectivity index (χ1v) is 4.73. The lowest BCUT2D eigenvalue weighted by Gasteiger charge is -1.98. The minimum absolute atomic E-state index is 0.0394. The van der Waals surface area contributed by atoms with Crippen LogP contribution in [0.5, 0.6) is 0 Å². The van der Waals surface area contributed by atoms with Gasteiger partial charge in [-0.2, -0.15) is 15.4 Å². The SMILES string of the molecule is OP(O)(=S)c1cn[nH]n1. The van der Waals surface area contributed by atoms with Gasteiger partial charge in [0.2, 0.25) is 6.49 Å². The summed E-state index contributed by atoms with van der Waals surface area (Å²) in [4.78, 5) is 17.5. The topological polar surface area (TPSA) is 82.0 Å². The summed E-state index contributed by atoms with van der Waals surface area (Å²) >= 11 is 4.30. The van der Waals surface area contributed by atoms with Crippen molar-refractivity contribution in [3.63, 3.8) is 0 Å². The Hall–Kier alpha value is -0.290. The van der Waals surface area contributed by atoms with Crippen LogP contribution in [0.1, 0.15) is 0 Å². The normalized spacial score (nSPS) is 11.8. The molecule has 0 spiro atoms. The van der Waals surface area contributed by atoms with E-state index in [1.807, 2.05) is 0 Å². The zero-order valence-corrected chi connectivity index (χ0v) is 5.93. The molecule has 5 nitrogen and oxygen atoms in total. The van der Waals surface area contributed by atoms with Crippen LogP contribution in [-0.2, 0) is 11.8 Å². The van der Waals surface area contributed by atoms with Crippen LogP contribution in [0.3, 0.4) is 0 Å². The molecule has 0 aromatic carbocycles. The summed E-state index contributed by atoms with van der Waals surface area (Å²) in [7, 11) is 0. The van der Waals surface area contributed by atoms with Gasteiger partial charge in [0, 0.05) is 0 Å². The third-order valence-corrected chi connectivity index (χ3v) is 2.07. The van der Waals surface area contributed by atoms with Gasteiger partial charge in [-0.05, 0) is 11.8 Å². The van der Waals surface area contributed by atoms with Crippen LogP contribution in [0.2, 0.25) is 0 Å². The second-order valence-corrected chi connectivity index (χ2v) is 4.45. The molecule has 1 aromatic heterocycles. The Bertz CT molecular complexity index is 228. The monoisotopic (exact) mass is 165 g/mol. The maximum Gasteiger partial charge on any atom is 0.236 e. The molecule has 9 heavy (non-hydrogen) atoms. The van der Waals surface area contributed by atoms with Gasteiger partial charge < -0.3 is 9.79 Å². The molecule has 0 bridgehead atoms. The summed E-state index contributed by atoms with van der Waals surface area (Å²) in [6.07, 6.45) is 1.20. The van der Waals surface area contributed by atoms with Crippen LogP contribution >= 0.6 is 6.49 Å². The number of H-pyrrole nitrogens is 1. The van der Waals surface area contributed by atoms with Crippen molar-refractivity contribution in [1.29, 1.82) is 0 Å². The largest absolute Gasteiger partial charge is 0.341 e. The van der Waals surface area contributed by atoms with Gasteiger partial charge in [-0.15, -0.1) is 0 Å². The van der Waals surface area contributed by atoms with E-state index in [0.717, 1.165) is 0 Å². The standard InChI is InChI=1S/C2H4N3O2PS/c6-8(7,9)2-1-3-5-4-2/h1H,(H,3,4,5)(H2,6,7,9). The van der Waals surface area contributed by atoms with Gasteiger partial charge in [0.05, 0.1) is 6.20 Å². The molecule has 1 heterocycles. The summed E-state index contributed by atoms with van der Waals surface area (Å²) < 4.78 is 0. The molecule has 0 aliphatic carbocycles. The van der Waals surface area contributed by atoms with E-state index in [1.165, 1.54) is 6.20 Å². The predicted molar refractivity (Wildman–Crippen MR) is 34.7 cm³/mol. The molecule has 1 aromatic rings. The average molecular weight is 165 g/mol. The maximum absolute atomic E-state index is 8.74. The van der Waals surface area contributed by atoms with Crippen molar-refractivity contribution in [1.82, 2.24) is 15.4 Å². The number of aromatic nitrogens is 3. The minimum Gasteiger partial charge on any atom is -0.341 e. The van der Waals surface area contributed by atoms with Crippen molar-refractivity contribution in [3.8, 4) is 0 Å². The number of nitrogens with one attached hydrogen (secondary N) is 1. The van der Waals surface area contributed by atoms with Crippen LogP contribution in [0, 0.1) is 0 Å². The molecular formula is C2H4N3O2PS. The molecule has 0 unspecified atom stereocenters. The van der Waals surface area contributed by atoms with E-state index in [0.29, 0.717) is 0 Å². The first-order valence-electron chi connectivity index (χ1n) is 2.02. The van der Waals surface area contributed by atoms with Crippen molar-refractivity contribution in [2.24, 2.45) is 0 Å². The molecule has 7 heteroatoms. The smallest absolute Gasteiger partial charge is 0.236 e. The van der Waals surface area contributed by atoms with E-state index in [2.05, 4.69) is 27.2 Å². The van der Waals surface area contributed by atoms with Crippen LogP contribution in [0.4, 0.5) is 0 Å². The first kappa shape index (κ1) is 6.82. The van der Waals surface area contributed by atoms with E-state index in [1.54, 1.807) is 0 Å². The molecule has 0 fully saturated rings. The van der Waals surface area contributed by atoms with Crippen molar-refractivity contribution < 1.29 is 9.79 Å². The lowest BCUT2D eigenvalue weighted by molar-refractivity contribution is 0.492. The molecule has 0 amide bonds. The van der Waals surface area contributed by atoms with Gasteiger partial charge >= 0.3 is 0 Å². The number of rotatable bonds is 1. The predicted octanol–water partition coefficient (Wildman–Crippen LogP) is -1.28. The van der Waals surface area contributed by atoms with Crippen molar-refractivity contribution in [2.45, 2.75) is 0 Å². The molecule has 0 aliphatic heterocycles. The molecule has 0 atom stereocenters. The van der Waals surface area contributed by atoms with Crippen LogP contribution in [0.25, 0.3) is 0 Å². The number of aromatic amines is 1. The Morgan fingerprint density at radius 2 is 2.33 bits per heavy atom. The molecule has 50 valence electrons. The minimum atomic E-state index is -3.34. The fourth-order valence-corrected chi connectivity index (χ4v) is 0.983. The van der Waals surface area contributed by atoms with Gasteiger partial charge in [0.1, 0.15) is 0 Å². The fourth-order valence-electron chi connectivity index (χ4n) is 0.336. The van der Waals surface area contributed by atoms with Crippen molar-refractivity contribution >= 4 is 23.7 Å². The summed E-state index contributed by atoms with van der Waals surface area (Å²) in [5.74, 6) is 0. The fraction of sp³-hybridized carbons (Fsp3) is 0. The van der Waals surface area contributed by atoms with Crippen molar-refractivity contribution in [3.05, 3.63) is 6.20 Å². The molecule has 3 N–H and O–H groups in total. The Morgan fingerprint density at radius 1 is 1.67 bits per heavy atom. The molecule has 0 radical (unpaired) electrons. The van der Waals surface area contributed by atoms with E-state index >= 15 is 0 Å². The second-order valence-electron chi connectivity index (χ2n) is 1.37. The first-order chi connectivity index (χ1) is 4.11. The van der Waals surface area contributed by atoms with Gasteiger partial charge in [-0.3, -0.25) is 0 Å². The van der Waals surface area contributed by atoms with E-state index in [-0.39, 0.29) is 5.44 Å². The highest BCUT2D eigenvalue weighted by atomic mass is 32.5. The van der Waals surface area contributed by atoms with Crippen LogP contribution in [-0.4, -0.2) is 25.2 Å². The summed E-state index contributed by atoms with van der Waals surface area (Å²) in [6.45, 7) is -3.34. The third-order valence-electron chi connectivity index (χ3n) is 0.701. The molecule has 1 rings (SSSR count). The lowest BCUT2D eigenvalue weighted by Crippen LogP contribution is -2.03. The number of nitrogens with zero attached hydrogens (tertiary/aromatic N) is 2. The maximum atomic E-state index is 8.74. The number of hydrogen-bond acceptors (Lipinski definition) is 3. The Balaban J connectivity index is 3.04. The molecular weight excluding hydrogens is 161 g/mol. The quantitative estimate of drug-likeness (QED) is 0.452. The Kier molecular flexibility index (Phi) is 1.63. The molecule has 0 saturated heterocycles. The second kappa shape index (κ2) is 2.15. The Labute approximate surface area is 55.9 Å². The molecule has 0 aliphatic rings. The highest BCUT2D eigenvalue weighted by molar-refractivity contribution is 8.12. The van der Waals surface area contributed by atoms with Crippen molar-refractivity contribution in [2.75, 3.05) is 0 Å². The average Bonchev–Trinajstić information content (AvgIpc) is 2.08.